The van der Waals surface area contributed by atoms with Gasteiger partial charge in [-0.3, -0.25) is 0 Å². The van der Waals surface area contributed by atoms with Gasteiger partial charge in [-0.1, -0.05) is 29.8 Å². The summed E-state index contributed by atoms with van der Waals surface area (Å²) in [7, 11) is 0. The van der Waals surface area contributed by atoms with Gasteiger partial charge in [0.05, 0.1) is 11.4 Å². The molecular formula is C30H28F3N5O. The lowest BCUT2D eigenvalue weighted by molar-refractivity contribution is -0.274. The lowest BCUT2D eigenvalue weighted by atomic mass is 9.96. The van der Waals surface area contributed by atoms with Crippen LogP contribution >= 0.6 is 0 Å². The van der Waals surface area contributed by atoms with Crippen molar-refractivity contribution in [2.24, 2.45) is 0 Å². The molecule has 1 saturated heterocycles. The zero-order chi connectivity index (χ0) is 27.1. The first-order chi connectivity index (χ1) is 18.7. The molecule has 6 nitrogen and oxygen atoms in total. The fraction of sp³-hybridized carbons (Fsp3) is 0.300. The zero-order valence-electron chi connectivity index (χ0n) is 21.7. The van der Waals surface area contributed by atoms with Gasteiger partial charge < -0.3 is 14.6 Å². The molecule has 2 aromatic carbocycles. The maximum absolute atomic E-state index is 12.5. The molecule has 0 atom stereocenters. The van der Waals surface area contributed by atoms with E-state index in [-0.39, 0.29) is 11.7 Å². The largest absolute Gasteiger partial charge is 0.573 e. The van der Waals surface area contributed by atoms with E-state index in [1.807, 2.05) is 6.92 Å². The van der Waals surface area contributed by atoms with Crippen molar-refractivity contribution in [3.8, 4) is 17.0 Å². The van der Waals surface area contributed by atoms with Crippen molar-refractivity contribution in [3.05, 3.63) is 88.8 Å². The average Bonchev–Trinajstić information content (AvgIpc) is 3.53. The molecule has 1 fully saturated rings. The van der Waals surface area contributed by atoms with Gasteiger partial charge in [0, 0.05) is 42.2 Å². The van der Waals surface area contributed by atoms with E-state index in [2.05, 4.69) is 61.9 Å². The minimum absolute atomic E-state index is 0.246. The predicted molar refractivity (Wildman–Crippen MR) is 144 cm³/mol. The van der Waals surface area contributed by atoms with E-state index >= 15 is 0 Å². The smallest absolute Gasteiger partial charge is 0.406 e. The summed E-state index contributed by atoms with van der Waals surface area (Å²) in [4.78, 5) is 19.8. The standard InChI is InChI=1S/C30H28F3N5O/c1-18-3-5-20(6-4-18)23-15-25-26(16-23)34-17-35-29(25)38-13-11-22(12-14-38)28-36-19(2)27(37-28)21-7-9-24(10-8-21)39-30(31,32)33/h3-10,15,17,22H,11-14,16H2,1-2H3,(H,36,37). The summed E-state index contributed by atoms with van der Waals surface area (Å²) in [6, 6.07) is 14.4. The van der Waals surface area contributed by atoms with Crippen LogP contribution in [-0.2, 0) is 6.42 Å². The van der Waals surface area contributed by atoms with Crippen molar-refractivity contribution in [1.29, 1.82) is 0 Å². The third kappa shape index (κ3) is 5.26. The van der Waals surface area contributed by atoms with Crippen LogP contribution in [0.4, 0.5) is 19.0 Å². The molecule has 0 unspecified atom stereocenters. The second kappa shape index (κ2) is 9.87. The van der Waals surface area contributed by atoms with Crippen LogP contribution in [0.25, 0.3) is 22.9 Å². The van der Waals surface area contributed by atoms with Crippen molar-refractivity contribution < 1.29 is 17.9 Å². The Morgan fingerprint density at radius 3 is 2.31 bits per heavy atom. The molecule has 2 aliphatic rings. The number of hydrogen-bond donors (Lipinski definition) is 1. The fourth-order valence-electron chi connectivity index (χ4n) is 5.46. The van der Waals surface area contributed by atoms with Gasteiger partial charge in [0.1, 0.15) is 23.7 Å². The number of ether oxygens (including phenoxy) is 1. The Labute approximate surface area is 224 Å². The zero-order valence-corrected chi connectivity index (χ0v) is 21.7. The lowest BCUT2D eigenvalue weighted by Gasteiger charge is -2.32. The second-order valence-electron chi connectivity index (χ2n) is 10.2. The highest BCUT2D eigenvalue weighted by molar-refractivity contribution is 5.91. The van der Waals surface area contributed by atoms with Gasteiger partial charge in [0.25, 0.3) is 0 Å². The molecule has 0 amide bonds. The quantitative estimate of drug-likeness (QED) is 0.305. The van der Waals surface area contributed by atoms with Crippen LogP contribution in [0.3, 0.4) is 0 Å². The van der Waals surface area contributed by atoms with E-state index in [9.17, 15) is 13.2 Å². The molecule has 1 aliphatic carbocycles. The van der Waals surface area contributed by atoms with E-state index in [0.717, 1.165) is 72.2 Å². The average molecular weight is 532 g/mol. The number of piperidine rings is 1. The monoisotopic (exact) mass is 531 g/mol. The molecule has 4 aromatic rings. The van der Waals surface area contributed by atoms with Crippen LogP contribution < -0.4 is 9.64 Å². The van der Waals surface area contributed by atoms with Crippen molar-refractivity contribution in [2.75, 3.05) is 18.0 Å². The van der Waals surface area contributed by atoms with E-state index in [1.165, 1.54) is 28.8 Å². The third-order valence-corrected chi connectivity index (χ3v) is 7.49. The van der Waals surface area contributed by atoms with Crippen LogP contribution in [0.1, 0.15) is 52.7 Å². The number of benzene rings is 2. The number of allylic oxidation sites excluding steroid dienone is 1. The van der Waals surface area contributed by atoms with Gasteiger partial charge >= 0.3 is 6.36 Å². The number of halogens is 3. The number of nitrogens with one attached hydrogen (secondary N) is 1. The van der Waals surface area contributed by atoms with Crippen molar-refractivity contribution in [3.63, 3.8) is 0 Å². The summed E-state index contributed by atoms with van der Waals surface area (Å²) in [5, 5.41) is 0. The number of aromatic nitrogens is 4. The molecule has 0 radical (unpaired) electrons. The number of aryl methyl sites for hydroxylation is 2. The molecule has 1 aliphatic heterocycles. The summed E-state index contributed by atoms with van der Waals surface area (Å²) in [5.74, 6) is 1.91. The Morgan fingerprint density at radius 2 is 1.62 bits per heavy atom. The summed E-state index contributed by atoms with van der Waals surface area (Å²) in [5.41, 5.74) is 8.28. The number of H-pyrrole nitrogens is 1. The first-order valence-corrected chi connectivity index (χ1v) is 13.0. The summed E-state index contributed by atoms with van der Waals surface area (Å²) < 4.78 is 41.4. The Kier molecular flexibility index (Phi) is 6.37. The van der Waals surface area contributed by atoms with Crippen LogP contribution in [0.15, 0.2) is 54.9 Å². The number of rotatable bonds is 5. The normalized spacial score (nSPS) is 15.8. The van der Waals surface area contributed by atoms with Gasteiger partial charge in [0.2, 0.25) is 0 Å². The summed E-state index contributed by atoms with van der Waals surface area (Å²) >= 11 is 0. The second-order valence-corrected chi connectivity index (χ2v) is 10.2. The first-order valence-electron chi connectivity index (χ1n) is 13.0. The number of anilines is 1. The Hall–Kier alpha value is -4.14. The number of nitrogens with zero attached hydrogens (tertiary/aromatic N) is 4. The minimum Gasteiger partial charge on any atom is -0.406 e. The van der Waals surface area contributed by atoms with E-state index in [4.69, 9.17) is 4.98 Å². The van der Waals surface area contributed by atoms with Gasteiger partial charge in [-0.05, 0) is 68.2 Å². The maximum atomic E-state index is 12.5. The van der Waals surface area contributed by atoms with Gasteiger partial charge in [-0.25, -0.2) is 15.0 Å². The fourth-order valence-corrected chi connectivity index (χ4v) is 5.46. The van der Waals surface area contributed by atoms with E-state index < -0.39 is 6.36 Å². The number of imidazole rings is 1. The molecular weight excluding hydrogens is 503 g/mol. The molecule has 9 heteroatoms. The molecule has 0 bridgehead atoms. The molecule has 200 valence electrons. The van der Waals surface area contributed by atoms with E-state index in [1.54, 1.807) is 18.5 Å². The molecule has 39 heavy (non-hydrogen) atoms. The number of aromatic amines is 1. The lowest BCUT2D eigenvalue weighted by Crippen LogP contribution is -2.34. The topological polar surface area (TPSA) is 66.9 Å². The molecule has 3 heterocycles. The summed E-state index contributed by atoms with van der Waals surface area (Å²) in [6.45, 7) is 5.72. The summed E-state index contributed by atoms with van der Waals surface area (Å²) in [6.07, 6.45) is 1.82. The first kappa shape index (κ1) is 25.2. The molecule has 2 aromatic heterocycles. The maximum Gasteiger partial charge on any atom is 0.573 e. The Balaban J connectivity index is 1.15. The van der Waals surface area contributed by atoms with Gasteiger partial charge in [-0.2, -0.15) is 0 Å². The number of fused-ring (bicyclic) bond motifs is 1. The Bertz CT molecular complexity index is 1520. The van der Waals surface area contributed by atoms with Crippen molar-refractivity contribution >= 4 is 17.5 Å². The molecule has 0 saturated carbocycles. The van der Waals surface area contributed by atoms with Crippen LogP contribution in [-0.4, -0.2) is 39.4 Å². The van der Waals surface area contributed by atoms with Crippen LogP contribution in [0.2, 0.25) is 0 Å². The van der Waals surface area contributed by atoms with Crippen molar-refractivity contribution in [1.82, 2.24) is 19.9 Å². The highest BCUT2D eigenvalue weighted by Crippen LogP contribution is 2.38. The third-order valence-electron chi connectivity index (χ3n) is 7.49. The molecule has 6 rings (SSSR count). The van der Waals surface area contributed by atoms with Crippen LogP contribution in [0.5, 0.6) is 5.75 Å². The van der Waals surface area contributed by atoms with Gasteiger partial charge in [0.15, 0.2) is 0 Å². The van der Waals surface area contributed by atoms with Crippen molar-refractivity contribution in [2.45, 2.75) is 45.4 Å². The molecule has 0 spiro atoms. The van der Waals surface area contributed by atoms with E-state index in [0.29, 0.717) is 0 Å². The highest BCUT2D eigenvalue weighted by atomic mass is 19.4. The Morgan fingerprint density at radius 1 is 0.923 bits per heavy atom. The minimum atomic E-state index is -4.71. The number of hydrogen-bond acceptors (Lipinski definition) is 5. The molecule has 1 N–H and O–H groups in total. The number of alkyl halides is 3. The SMILES string of the molecule is Cc1ccc(C2=Cc3c(ncnc3N3CCC(c4nc(-c5ccc(OC(F)(F)F)cc5)c(C)[nH]4)CC3)C2)cc1. The highest BCUT2D eigenvalue weighted by Gasteiger charge is 2.31. The predicted octanol–water partition coefficient (Wildman–Crippen LogP) is 6.86. The van der Waals surface area contributed by atoms with Gasteiger partial charge in [-0.15, -0.1) is 13.2 Å². The van der Waals surface area contributed by atoms with Crippen LogP contribution in [0, 0.1) is 13.8 Å².